The number of amides is 5. The molecule has 2 aromatic rings. The zero-order chi connectivity index (χ0) is 25.8. The van der Waals surface area contributed by atoms with Gasteiger partial charge >= 0.3 is 6.03 Å². The molecule has 4 rings (SSSR count). The van der Waals surface area contributed by atoms with Crippen molar-refractivity contribution in [3.63, 3.8) is 0 Å². The van der Waals surface area contributed by atoms with Gasteiger partial charge in [-0.1, -0.05) is 32.0 Å². The first-order chi connectivity index (χ1) is 17.2. The molecule has 11 nitrogen and oxygen atoms in total. The fourth-order valence-electron chi connectivity index (χ4n) is 4.21. The first kappa shape index (κ1) is 25.2. The number of aromatic nitrogens is 1. The van der Waals surface area contributed by atoms with Gasteiger partial charge in [-0.15, -0.1) is 0 Å². The molecule has 2 heterocycles. The summed E-state index contributed by atoms with van der Waals surface area (Å²) in [6, 6.07) is 4.89. The van der Waals surface area contributed by atoms with E-state index < -0.39 is 35.6 Å². The minimum atomic E-state index is -1.24. The van der Waals surface area contributed by atoms with Gasteiger partial charge in [-0.25, -0.2) is 4.79 Å². The minimum Gasteiger partial charge on any atom is -0.360 e. The number of carbonyl (C=O) groups excluding carboxylic acids is 5. The van der Waals surface area contributed by atoms with Gasteiger partial charge in [0.1, 0.15) is 12.1 Å². The van der Waals surface area contributed by atoms with Crippen LogP contribution in [-0.4, -0.2) is 77.7 Å². The second-order valence-corrected chi connectivity index (χ2v) is 9.74. The maximum absolute atomic E-state index is 13.3. The lowest BCUT2D eigenvalue weighted by molar-refractivity contribution is -0.140. The van der Waals surface area contributed by atoms with Crippen LogP contribution in [0.25, 0.3) is 10.9 Å². The molecule has 0 bridgehead atoms. The molecule has 1 unspecified atom stereocenters. The molecule has 36 heavy (non-hydrogen) atoms. The number of carbonyl (C=O) groups is 5. The largest absolute Gasteiger partial charge is 0.360 e. The second kappa shape index (κ2) is 10.8. The van der Waals surface area contributed by atoms with Crippen molar-refractivity contribution in [3.8, 4) is 0 Å². The topological polar surface area (TPSA) is 152 Å². The second-order valence-electron chi connectivity index (χ2n) is 9.74. The molecule has 5 amide bonds. The third-order valence-electron chi connectivity index (χ3n) is 6.37. The molecule has 1 saturated carbocycles. The molecule has 2 aliphatic rings. The number of benzene rings is 1. The van der Waals surface area contributed by atoms with Crippen LogP contribution in [0.1, 0.15) is 37.0 Å². The van der Waals surface area contributed by atoms with Gasteiger partial charge < -0.3 is 31.2 Å². The summed E-state index contributed by atoms with van der Waals surface area (Å²) in [5, 5.41) is 11.4. The molecule has 2 fully saturated rings. The van der Waals surface area contributed by atoms with E-state index in [4.69, 9.17) is 0 Å². The average Bonchev–Trinajstić information content (AvgIpc) is 3.48. The fraction of sp³-hybridized carbons (Fsp3) is 0.480. The molecular formula is C25H32N6O5. The van der Waals surface area contributed by atoms with Gasteiger partial charge in [-0.2, -0.15) is 0 Å². The van der Waals surface area contributed by atoms with Crippen molar-refractivity contribution >= 4 is 40.4 Å². The van der Waals surface area contributed by atoms with Crippen molar-refractivity contribution in [1.82, 2.24) is 31.2 Å². The Balaban J connectivity index is 1.48. The number of urea groups is 1. The molecule has 2 atom stereocenters. The standard InChI is InChI=1S/C25H32N6O5/c1-14(2)11-28-24(35)21(32)19(13-31-10-9-26-25(31)36)29-23(34)20(15-7-8-15)30-22(33)17-12-27-18-6-4-3-5-16(17)18/h3-6,12,14-15,19-20,27H,7-11,13H2,1-2H3,(H,26,36)(H,28,35)(H,29,34)(H,30,33)/t19?,20-/m0/s1. The lowest BCUT2D eigenvalue weighted by atomic mass is 10.1. The molecule has 192 valence electrons. The highest BCUT2D eigenvalue weighted by molar-refractivity contribution is 6.38. The van der Waals surface area contributed by atoms with Gasteiger partial charge in [0, 0.05) is 36.7 Å². The van der Waals surface area contributed by atoms with Crippen LogP contribution in [0.2, 0.25) is 0 Å². The van der Waals surface area contributed by atoms with Crippen LogP contribution in [0.3, 0.4) is 0 Å². The Hall–Kier alpha value is -3.89. The van der Waals surface area contributed by atoms with E-state index in [2.05, 4.69) is 26.3 Å². The van der Waals surface area contributed by atoms with E-state index >= 15 is 0 Å². The highest BCUT2D eigenvalue weighted by Gasteiger charge is 2.40. The van der Waals surface area contributed by atoms with Crippen molar-refractivity contribution < 1.29 is 24.0 Å². The SMILES string of the molecule is CC(C)CNC(=O)C(=O)C(CN1CCNC1=O)NC(=O)[C@@H](NC(=O)c1c[nH]c2ccccc12)C1CC1. The maximum atomic E-state index is 13.3. The summed E-state index contributed by atoms with van der Waals surface area (Å²) in [5.74, 6) is -2.55. The Kier molecular flexibility index (Phi) is 7.56. The molecule has 5 N–H and O–H groups in total. The van der Waals surface area contributed by atoms with Crippen molar-refractivity contribution in [3.05, 3.63) is 36.0 Å². The Labute approximate surface area is 208 Å². The number of nitrogens with one attached hydrogen (secondary N) is 5. The first-order valence-corrected chi connectivity index (χ1v) is 12.3. The summed E-state index contributed by atoms with van der Waals surface area (Å²) >= 11 is 0. The Bertz CT molecular complexity index is 1170. The van der Waals surface area contributed by atoms with Gasteiger partial charge in [0.25, 0.3) is 11.8 Å². The number of fused-ring (bicyclic) bond motifs is 1. The molecule has 0 spiro atoms. The van der Waals surface area contributed by atoms with Gasteiger partial charge in [0.2, 0.25) is 11.7 Å². The van der Waals surface area contributed by atoms with Crippen LogP contribution < -0.4 is 21.3 Å². The molecule has 1 aromatic carbocycles. The van der Waals surface area contributed by atoms with Crippen molar-refractivity contribution in [2.75, 3.05) is 26.2 Å². The van der Waals surface area contributed by atoms with Crippen LogP contribution in [0, 0.1) is 11.8 Å². The number of hydrogen-bond donors (Lipinski definition) is 5. The summed E-state index contributed by atoms with van der Waals surface area (Å²) in [6.45, 7) is 4.73. The predicted octanol–water partition coefficient (Wildman–Crippen LogP) is 0.528. The quantitative estimate of drug-likeness (QED) is 0.287. The molecule has 1 aromatic heterocycles. The summed E-state index contributed by atoms with van der Waals surface area (Å²) in [4.78, 5) is 68.3. The van der Waals surface area contributed by atoms with Gasteiger partial charge in [-0.05, 0) is 30.7 Å². The zero-order valence-electron chi connectivity index (χ0n) is 20.4. The summed E-state index contributed by atoms with van der Waals surface area (Å²) in [7, 11) is 0. The number of Topliss-reactive ketones (excluding diaryl/α,β-unsaturated/α-hetero) is 1. The van der Waals surface area contributed by atoms with E-state index in [0.717, 1.165) is 23.7 Å². The van der Waals surface area contributed by atoms with E-state index in [9.17, 15) is 24.0 Å². The van der Waals surface area contributed by atoms with Gasteiger partial charge in [0.15, 0.2) is 0 Å². The number of nitrogens with zero attached hydrogens (tertiary/aromatic N) is 1. The number of rotatable bonds is 11. The molecule has 1 aliphatic carbocycles. The maximum Gasteiger partial charge on any atom is 0.317 e. The molecule has 1 saturated heterocycles. The molecule has 11 heteroatoms. The van der Waals surface area contributed by atoms with Gasteiger partial charge in [0.05, 0.1) is 12.1 Å². The van der Waals surface area contributed by atoms with E-state index in [1.807, 2.05) is 38.1 Å². The Morgan fingerprint density at radius 2 is 1.86 bits per heavy atom. The Morgan fingerprint density at radius 3 is 2.53 bits per heavy atom. The normalized spacial score (nSPS) is 17.0. The lowest BCUT2D eigenvalue weighted by Crippen LogP contribution is -2.58. The van der Waals surface area contributed by atoms with Crippen molar-refractivity contribution in [2.24, 2.45) is 11.8 Å². The van der Waals surface area contributed by atoms with E-state index in [1.54, 1.807) is 6.20 Å². The number of H-pyrrole nitrogens is 1. The Morgan fingerprint density at radius 1 is 1.11 bits per heavy atom. The summed E-state index contributed by atoms with van der Waals surface area (Å²) in [6.07, 6.45) is 3.11. The summed E-state index contributed by atoms with van der Waals surface area (Å²) in [5.41, 5.74) is 1.22. The van der Waals surface area contributed by atoms with Crippen molar-refractivity contribution in [1.29, 1.82) is 0 Å². The zero-order valence-corrected chi connectivity index (χ0v) is 20.4. The van der Waals surface area contributed by atoms with Crippen LogP contribution in [0.15, 0.2) is 30.5 Å². The third-order valence-corrected chi connectivity index (χ3v) is 6.37. The van der Waals surface area contributed by atoms with Crippen LogP contribution in [0.5, 0.6) is 0 Å². The molecular weight excluding hydrogens is 464 g/mol. The molecule has 0 radical (unpaired) electrons. The number of para-hydroxylation sites is 1. The van der Waals surface area contributed by atoms with Crippen LogP contribution >= 0.6 is 0 Å². The average molecular weight is 497 g/mol. The van der Waals surface area contributed by atoms with E-state index in [1.165, 1.54) is 4.90 Å². The first-order valence-electron chi connectivity index (χ1n) is 12.3. The van der Waals surface area contributed by atoms with E-state index in [0.29, 0.717) is 25.2 Å². The number of aromatic amines is 1. The van der Waals surface area contributed by atoms with Crippen LogP contribution in [0.4, 0.5) is 4.79 Å². The van der Waals surface area contributed by atoms with Crippen LogP contribution in [-0.2, 0) is 14.4 Å². The van der Waals surface area contributed by atoms with Crippen molar-refractivity contribution in [2.45, 2.75) is 38.8 Å². The number of ketones is 1. The fourth-order valence-corrected chi connectivity index (χ4v) is 4.21. The minimum absolute atomic E-state index is 0.0697. The smallest absolute Gasteiger partial charge is 0.317 e. The highest BCUT2D eigenvalue weighted by atomic mass is 16.2. The molecule has 1 aliphatic heterocycles. The van der Waals surface area contributed by atoms with Gasteiger partial charge in [-0.3, -0.25) is 19.2 Å². The third kappa shape index (κ3) is 5.84. The summed E-state index contributed by atoms with van der Waals surface area (Å²) < 4.78 is 0. The van der Waals surface area contributed by atoms with E-state index in [-0.39, 0.29) is 24.4 Å². The number of hydrogen-bond acceptors (Lipinski definition) is 5. The lowest BCUT2D eigenvalue weighted by Gasteiger charge is -2.25. The highest BCUT2D eigenvalue weighted by Crippen LogP contribution is 2.33. The monoisotopic (exact) mass is 496 g/mol. The predicted molar refractivity (Wildman–Crippen MR) is 132 cm³/mol.